The maximum Gasteiger partial charge on any atom is 0.310 e. The molecule has 2 rings (SSSR count). The predicted molar refractivity (Wildman–Crippen MR) is 124 cm³/mol. The molecule has 0 saturated carbocycles. The lowest BCUT2D eigenvalue weighted by molar-refractivity contribution is -0.139. The van der Waals surface area contributed by atoms with E-state index in [1.165, 1.54) is 11.0 Å². The molecule has 0 fully saturated rings. The first-order valence-electron chi connectivity index (χ1n) is 9.71. The Labute approximate surface area is 182 Å². The lowest BCUT2D eigenvalue weighted by Gasteiger charge is -2.24. The van der Waals surface area contributed by atoms with Gasteiger partial charge >= 0.3 is 11.8 Å². The summed E-state index contributed by atoms with van der Waals surface area (Å²) in [7, 11) is 4.08. The third kappa shape index (κ3) is 7.22. The van der Waals surface area contributed by atoms with E-state index in [1.807, 2.05) is 55.3 Å². The molecule has 0 spiro atoms. The molecule has 0 radical (unpaired) electrons. The second-order valence-electron chi connectivity index (χ2n) is 6.89. The first-order chi connectivity index (χ1) is 13.9. The summed E-state index contributed by atoms with van der Waals surface area (Å²) in [5, 5.41) is 5.37. The van der Waals surface area contributed by atoms with Crippen LogP contribution in [0.5, 0.6) is 0 Å². The van der Waals surface area contributed by atoms with Gasteiger partial charge in [0.15, 0.2) is 0 Å². The van der Waals surface area contributed by atoms with Gasteiger partial charge in [-0.2, -0.15) is 0 Å². The minimum atomic E-state index is -0.628. The van der Waals surface area contributed by atoms with Gasteiger partial charge in [0.25, 0.3) is 0 Å². The Balaban J connectivity index is 1.74. The molecule has 0 aliphatic rings. The minimum absolute atomic E-state index is 0.262. The number of likely N-dealkylation sites (N-methyl/N-ethyl adjacent to an activating group) is 1. The first-order valence-corrected chi connectivity index (χ1v) is 10.5. The van der Waals surface area contributed by atoms with Crippen LogP contribution in [0.15, 0.2) is 53.0 Å². The predicted octanol–water partition coefficient (Wildman–Crippen LogP) is 0.856. The van der Waals surface area contributed by atoms with Crippen molar-refractivity contribution in [2.75, 3.05) is 38.3 Å². The maximum absolute atomic E-state index is 12.1. The smallest absolute Gasteiger partial charge is 0.310 e. The number of carbonyl (C=O) groups is 2. The summed E-state index contributed by atoms with van der Waals surface area (Å²) in [6.07, 6.45) is 0. The van der Waals surface area contributed by atoms with Crippen LogP contribution in [0.25, 0.3) is 0 Å². The average Bonchev–Trinajstić information content (AvgIpc) is 2.71. The van der Waals surface area contributed by atoms with Crippen LogP contribution in [0.2, 0.25) is 0 Å². The normalized spacial score (nSPS) is 10.6. The van der Waals surface area contributed by atoms with Crippen molar-refractivity contribution in [3.63, 3.8) is 0 Å². The molecule has 29 heavy (non-hydrogen) atoms. The molecular weight excluding hydrogens is 431 g/mol. The summed E-state index contributed by atoms with van der Waals surface area (Å²) >= 11 is 3.51. The van der Waals surface area contributed by atoms with Crippen LogP contribution in [-0.4, -0.2) is 57.9 Å². The van der Waals surface area contributed by atoms with E-state index < -0.39 is 11.8 Å². The van der Waals surface area contributed by atoms with Gasteiger partial charge in [-0.1, -0.05) is 41.9 Å². The molecule has 8 heteroatoms. The fourth-order valence-corrected chi connectivity index (χ4v) is 3.46. The van der Waals surface area contributed by atoms with E-state index in [2.05, 4.69) is 51.4 Å². The fourth-order valence-electron chi connectivity index (χ4n) is 2.92. The minimum Gasteiger partial charge on any atom is -0.353 e. The van der Waals surface area contributed by atoms with Crippen LogP contribution in [0.1, 0.15) is 12.5 Å². The van der Waals surface area contributed by atoms with Crippen LogP contribution >= 0.6 is 15.9 Å². The molecule has 2 aromatic rings. The molecule has 2 N–H and O–H groups in total. The topological polar surface area (TPSA) is 64.7 Å². The van der Waals surface area contributed by atoms with Gasteiger partial charge in [-0.05, 0) is 47.6 Å². The molecule has 0 aromatic heterocycles. The van der Waals surface area contributed by atoms with Gasteiger partial charge in [0.05, 0.1) is 12.4 Å². The maximum atomic E-state index is 12.1. The quantitative estimate of drug-likeness (QED) is 0.332. The molecule has 0 saturated heterocycles. The number of benzene rings is 2. The number of hydrogen-bond donors (Lipinski definition) is 2. The van der Waals surface area contributed by atoms with Crippen molar-refractivity contribution in [3.8, 4) is 0 Å². The van der Waals surface area contributed by atoms with Crippen LogP contribution in [-0.2, 0) is 16.1 Å². The third-order valence-corrected chi connectivity index (χ3v) is 5.36. The number of anilines is 1. The van der Waals surface area contributed by atoms with Gasteiger partial charge in [-0.15, -0.1) is 0 Å². The zero-order valence-electron chi connectivity index (χ0n) is 17.2. The van der Waals surface area contributed by atoms with Gasteiger partial charge < -0.3 is 20.4 Å². The van der Waals surface area contributed by atoms with Crippen LogP contribution in [0, 0.1) is 0 Å². The first kappa shape index (κ1) is 23.0. The highest BCUT2D eigenvalue weighted by Crippen LogP contribution is 2.24. The summed E-state index contributed by atoms with van der Waals surface area (Å²) < 4.78 is 0.942. The molecule has 2 aromatic carbocycles. The second-order valence-corrected chi connectivity index (χ2v) is 7.75. The van der Waals surface area contributed by atoms with Gasteiger partial charge in [0.1, 0.15) is 7.85 Å². The van der Waals surface area contributed by atoms with Crippen LogP contribution < -0.4 is 21.0 Å². The van der Waals surface area contributed by atoms with Gasteiger partial charge in [0, 0.05) is 30.7 Å². The van der Waals surface area contributed by atoms with Crippen molar-refractivity contribution in [3.05, 3.63) is 58.6 Å². The molecule has 154 valence electrons. The summed E-state index contributed by atoms with van der Waals surface area (Å²) in [6, 6.07) is 16.0. The number of halogens is 1. The number of nitrogens with one attached hydrogen (secondary N) is 2. The van der Waals surface area contributed by atoms with Crippen LogP contribution in [0.4, 0.5) is 5.69 Å². The highest BCUT2D eigenvalue weighted by molar-refractivity contribution is 9.10. The highest BCUT2D eigenvalue weighted by atomic mass is 79.9. The summed E-state index contributed by atoms with van der Waals surface area (Å²) in [6.45, 7) is 4.83. The van der Waals surface area contributed by atoms with E-state index in [4.69, 9.17) is 0 Å². The highest BCUT2D eigenvalue weighted by Gasteiger charge is 2.15. The third-order valence-electron chi connectivity index (χ3n) is 4.69. The van der Waals surface area contributed by atoms with Crippen molar-refractivity contribution in [1.29, 1.82) is 0 Å². The van der Waals surface area contributed by atoms with Crippen LogP contribution in [0.3, 0.4) is 0 Å². The molecule has 6 nitrogen and oxygen atoms in total. The number of rotatable bonds is 9. The Bertz CT molecular complexity index is 834. The number of carbonyl (C=O) groups excluding carboxylic acids is 2. The lowest BCUT2D eigenvalue weighted by Crippen LogP contribution is -2.46. The molecule has 0 heterocycles. The van der Waals surface area contributed by atoms with E-state index in [0.29, 0.717) is 19.6 Å². The molecule has 0 aliphatic carbocycles. The number of hydrogen-bond acceptors (Lipinski definition) is 4. The standard InChI is InChI=1S/C21H28BBrN4O2/c1-3-27(19-11-7-6-10-18(19)23)15-25-21(29)20(28)24-12-13-26(2)14-16-8-4-5-9-17(16)22/h4-11H,3,12-15,22H2,1-2H3,(H,24,28)(H,25,29). The van der Waals surface area contributed by atoms with Gasteiger partial charge in [0.2, 0.25) is 0 Å². The average molecular weight is 459 g/mol. The molecule has 2 amide bonds. The molecule has 0 unspecified atom stereocenters. The lowest BCUT2D eigenvalue weighted by atomic mass is 9.90. The van der Waals surface area contributed by atoms with E-state index in [0.717, 1.165) is 16.7 Å². The Kier molecular flexibility index (Phi) is 9.21. The van der Waals surface area contributed by atoms with E-state index in [1.54, 1.807) is 0 Å². The van der Waals surface area contributed by atoms with Gasteiger partial charge in [-0.25, -0.2) is 0 Å². The number of para-hydroxylation sites is 1. The summed E-state index contributed by atoms with van der Waals surface area (Å²) in [5.41, 5.74) is 3.47. The zero-order chi connectivity index (χ0) is 21.2. The summed E-state index contributed by atoms with van der Waals surface area (Å²) in [5.74, 6) is -1.24. The van der Waals surface area contributed by atoms with Gasteiger partial charge in [-0.3, -0.25) is 9.59 Å². The number of nitrogens with zero attached hydrogens (tertiary/aromatic N) is 2. The zero-order valence-corrected chi connectivity index (χ0v) is 18.8. The summed E-state index contributed by atoms with van der Waals surface area (Å²) in [4.78, 5) is 28.3. The molecule has 0 atom stereocenters. The van der Waals surface area contributed by atoms with Crippen molar-refractivity contribution in [1.82, 2.24) is 15.5 Å². The van der Waals surface area contributed by atoms with Crippen molar-refractivity contribution >= 4 is 46.7 Å². The Morgan fingerprint density at radius 1 is 1.03 bits per heavy atom. The van der Waals surface area contributed by atoms with E-state index >= 15 is 0 Å². The Morgan fingerprint density at radius 2 is 1.69 bits per heavy atom. The molecule has 0 bridgehead atoms. The SMILES string of the molecule is Bc1ccccc1CN(C)CCNC(=O)C(=O)NCN(CC)c1ccccc1Br. The largest absolute Gasteiger partial charge is 0.353 e. The van der Waals surface area contributed by atoms with Crippen molar-refractivity contribution < 1.29 is 9.59 Å². The van der Waals surface area contributed by atoms with E-state index in [-0.39, 0.29) is 6.67 Å². The Morgan fingerprint density at radius 3 is 2.38 bits per heavy atom. The van der Waals surface area contributed by atoms with E-state index in [9.17, 15) is 9.59 Å². The fraction of sp³-hybridized carbons (Fsp3) is 0.333. The van der Waals surface area contributed by atoms with Crippen molar-refractivity contribution in [2.24, 2.45) is 0 Å². The molecule has 0 aliphatic heterocycles. The molecular formula is C21H28BBrN4O2. The monoisotopic (exact) mass is 458 g/mol. The number of amides is 2. The second kappa shape index (κ2) is 11.6. The van der Waals surface area contributed by atoms with Crippen molar-refractivity contribution in [2.45, 2.75) is 13.5 Å². The Hall–Kier alpha value is -2.32.